The maximum Gasteiger partial charge on any atom is 0.240 e. The molecule has 2 N–H and O–H groups in total. The number of carbonyl (C=O) groups excluding carboxylic acids is 1. The number of sulfonamides is 1. The molecule has 3 rings (SSSR count). The lowest BCUT2D eigenvalue weighted by Gasteiger charge is -2.38. The normalized spacial score (nSPS) is 20.2. The fraction of sp³-hybridized carbons (Fsp3) is 0.588. The van der Waals surface area contributed by atoms with Crippen LogP contribution in [0.1, 0.15) is 19.8 Å². The van der Waals surface area contributed by atoms with Gasteiger partial charge in [0.25, 0.3) is 0 Å². The summed E-state index contributed by atoms with van der Waals surface area (Å²) in [6, 6.07) is 4.56. The summed E-state index contributed by atoms with van der Waals surface area (Å²) in [4.78, 5) is 14.4. The van der Waals surface area contributed by atoms with Crippen molar-refractivity contribution in [1.82, 2.24) is 14.9 Å². The minimum atomic E-state index is -3.67. The van der Waals surface area contributed by atoms with E-state index < -0.39 is 15.8 Å². The van der Waals surface area contributed by atoms with Gasteiger partial charge in [-0.25, -0.2) is 17.5 Å². The third-order valence-electron chi connectivity index (χ3n) is 5.16. The van der Waals surface area contributed by atoms with Gasteiger partial charge < -0.3 is 10.2 Å². The molecular formula is C17H25ClFN3O3S. The smallest absolute Gasteiger partial charge is 0.240 e. The molecule has 2 heterocycles. The van der Waals surface area contributed by atoms with Crippen molar-refractivity contribution >= 4 is 28.3 Å². The summed E-state index contributed by atoms with van der Waals surface area (Å²) in [5.74, 6) is 0.101. The third-order valence-corrected chi connectivity index (χ3v) is 6.70. The Labute approximate surface area is 160 Å². The second kappa shape index (κ2) is 8.65. The van der Waals surface area contributed by atoms with Crippen molar-refractivity contribution in [2.45, 2.75) is 30.7 Å². The highest BCUT2D eigenvalue weighted by Gasteiger charge is 2.33. The Morgan fingerprint density at radius 2 is 1.81 bits per heavy atom. The number of piperidine rings is 1. The maximum absolute atomic E-state index is 12.9. The number of halogens is 2. The van der Waals surface area contributed by atoms with Gasteiger partial charge in [0.2, 0.25) is 15.9 Å². The van der Waals surface area contributed by atoms with Gasteiger partial charge in [-0.05, 0) is 56.1 Å². The average molecular weight is 406 g/mol. The molecule has 6 nitrogen and oxygen atoms in total. The first kappa shape index (κ1) is 21.1. The van der Waals surface area contributed by atoms with E-state index in [1.54, 1.807) is 0 Å². The molecule has 9 heteroatoms. The van der Waals surface area contributed by atoms with Gasteiger partial charge in [-0.2, -0.15) is 0 Å². The summed E-state index contributed by atoms with van der Waals surface area (Å²) in [5.41, 5.74) is 0. The van der Waals surface area contributed by atoms with Crippen LogP contribution < -0.4 is 10.0 Å². The maximum atomic E-state index is 12.9. The molecule has 2 aliphatic rings. The zero-order chi connectivity index (χ0) is 18.0. The zero-order valence-electron chi connectivity index (χ0n) is 14.7. The fourth-order valence-corrected chi connectivity index (χ4v) is 4.58. The first-order valence-corrected chi connectivity index (χ1v) is 10.1. The quantitative estimate of drug-likeness (QED) is 0.775. The van der Waals surface area contributed by atoms with Gasteiger partial charge in [0.15, 0.2) is 0 Å². The van der Waals surface area contributed by atoms with Crippen molar-refractivity contribution in [2.75, 3.05) is 26.2 Å². The zero-order valence-corrected chi connectivity index (χ0v) is 16.3. The molecule has 1 atom stereocenters. The van der Waals surface area contributed by atoms with Crippen LogP contribution in [0.4, 0.5) is 4.39 Å². The van der Waals surface area contributed by atoms with Crippen molar-refractivity contribution in [3.05, 3.63) is 30.1 Å². The van der Waals surface area contributed by atoms with E-state index in [1.807, 2.05) is 11.8 Å². The molecule has 0 bridgehead atoms. The summed E-state index contributed by atoms with van der Waals surface area (Å²) in [5, 5.41) is 3.18. The number of rotatable bonds is 5. The van der Waals surface area contributed by atoms with Crippen LogP contribution in [0.5, 0.6) is 0 Å². The standard InChI is InChI=1S/C17H24FN3O3S.ClH/c1-12(13-10-19-11-13)17(22)21-8-6-15(7-9-21)20-25(23,24)16-4-2-14(18)3-5-16;/h2-5,12-13,15,19-20H,6-11H2,1H3;1H. The molecule has 0 spiro atoms. The van der Waals surface area contributed by atoms with Gasteiger partial charge in [0, 0.05) is 25.0 Å². The molecule has 146 valence electrons. The monoisotopic (exact) mass is 405 g/mol. The van der Waals surface area contributed by atoms with Crippen molar-refractivity contribution in [1.29, 1.82) is 0 Å². The molecule has 0 saturated carbocycles. The van der Waals surface area contributed by atoms with Crippen LogP contribution in [0.15, 0.2) is 29.2 Å². The number of amides is 1. The van der Waals surface area contributed by atoms with Crippen LogP contribution >= 0.6 is 12.4 Å². The second-order valence-electron chi connectivity index (χ2n) is 6.88. The van der Waals surface area contributed by atoms with Gasteiger partial charge in [-0.15, -0.1) is 12.4 Å². The topological polar surface area (TPSA) is 78.5 Å². The molecule has 0 radical (unpaired) electrons. The van der Waals surface area contributed by atoms with E-state index in [1.165, 1.54) is 12.1 Å². The van der Waals surface area contributed by atoms with E-state index >= 15 is 0 Å². The first-order chi connectivity index (χ1) is 11.9. The lowest BCUT2D eigenvalue weighted by atomic mass is 9.87. The molecule has 2 fully saturated rings. The average Bonchev–Trinajstić information content (AvgIpc) is 2.53. The summed E-state index contributed by atoms with van der Waals surface area (Å²) in [6.07, 6.45) is 1.17. The predicted molar refractivity (Wildman–Crippen MR) is 99.1 cm³/mol. The molecule has 0 aliphatic carbocycles. The van der Waals surface area contributed by atoms with E-state index in [9.17, 15) is 17.6 Å². The Morgan fingerprint density at radius 1 is 1.23 bits per heavy atom. The van der Waals surface area contributed by atoms with Gasteiger partial charge in [-0.3, -0.25) is 4.79 Å². The number of nitrogens with zero attached hydrogens (tertiary/aromatic N) is 1. The van der Waals surface area contributed by atoms with E-state index in [0.29, 0.717) is 31.8 Å². The number of likely N-dealkylation sites (tertiary alicyclic amines) is 1. The predicted octanol–water partition coefficient (Wildman–Crippen LogP) is 1.37. The third kappa shape index (κ3) is 4.73. The molecular weight excluding hydrogens is 381 g/mol. The molecule has 26 heavy (non-hydrogen) atoms. The second-order valence-corrected chi connectivity index (χ2v) is 8.60. The van der Waals surface area contributed by atoms with Gasteiger partial charge in [0.05, 0.1) is 4.90 Å². The van der Waals surface area contributed by atoms with Crippen LogP contribution in [0.3, 0.4) is 0 Å². The van der Waals surface area contributed by atoms with Crippen molar-refractivity contribution < 1.29 is 17.6 Å². The Kier molecular flexibility index (Phi) is 7.01. The fourth-order valence-electron chi connectivity index (χ4n) is 3.27. The number of benzene rings is 1. The van der Waals surface area contributed by atoms with E-state index in [2.05, 4.69) is 10.0 Å². The Balaban J connectivity index is 0.00000243. The van der Waals surface area contributed by atoms with Crippen molar-refractivity contribution in [3.8, 4) is 0 Å². The molecule has 1 aromatic carbocycles. The number of nitrogens with one attached hydrogen (secondary N) is 2. The molecule has 1 aromatic rings. The summed E-state index contributed by atoms with van der Waals surface area (Å²) in [7, 11) is -3.67. The highest BCUT2D eigenvalue weighted by Crippen LogP contribution is 2.22. The van der Waals surface area contributed by atoms with Gasteiger partial charge in [-0.1, -0.05) is 6.92 Å². The molecule has 2 aliphatic heterocycles. The Morgan fingerprint density at radius 3 is 2.31 bits per heavy atom. The van der Waals surface area contributed by atoms with Crippen LogP contribution in [0, 0.1) is 17.7 Å². The van der Waals surface area contributed by atoms with E-state index in [4.69, 9.17) is 0 Å². The van der Waals surface area contributed by atoms with E-state index in [-0.39, 0.29) is 35.2 Å². The Hall–Kier alpha value is -1.22. The lowest BCUT2D eigenvalue weighted by Crippen LogP contribution is -2.53. The molecule has 1 amide bonds. The summed E-state index contributed by atoms with van der Waals surface area (Å²) in [6.45, 7) is 4.86. The molecule has 2 saturated heterocycles. The molecule has 1 unspecified atom stereocenters. The number of hydrogen-bond acceptors (Lipinski definition) is 4. The van der Waals surface area contributed by atoms with Gasteiger partial charge in [0.1, 0.15) is 5.82 Å². The lowest BCUT2D eigenvalue weighted by molar-refractivity contribution is -0.138. The van der Waals surface area contributed by atoms with Crippen molar-refractivity contribution in [2.24, 2.45) is 11.8 Å². The Bertz CT molecular complexity index is 717. The van der Waals surface area contributed by atoms with Gasteiger partial charge >= 0.3 is 0 Å². The van der Waals surface area contributed by atoms with E-state index in [0.717, 1.165) is 25.2 Å². The largest absolute Gasteiger partial charge is 0.342 e. The van der Waals surface area contributed by atoms with Crippen LogP contribution in [-0.4, -0.2) is 51.4 Å². The number of hydrogen-bond donors (Lipinski definition) is 2. The van der Waals surface area contributed by atoms with Crippen LogP contribution in [-0.2, 0) is 14.8 Å². The minimum absolute atomic E-state index is 0. The first-order valence-electron chi connectivity index (χ1n) is 8.64. The number of carbonyl (C=O) groups is 1. The highest BCUT2D eigenvalue weighted by molar-refractivity contribution is 7.89. The minimum Gasteiger partial charge on any atom is -0.342 e. The summed E-state index contributed by atoms with van der Waals surface area (Å²) >= 11 is 0. The van der Waals surface area contributed by atoms with Crippen molar-refractivity contribution in [3.63, 3.8) is 0 Å². The summed E-state index contributed by atoms with van der Waals surface area (Å²) < 4.78 is 40.3. The highest BCUT2D eigenvalue weighted by atomic mass is 35.5. The SMILES string of the molecule is CC(C(=O)N1CCC(NS(=O)(=O)c2ccc(F)cc2)CC1)C1CNC1.Cl. The van der Waals surface area contributed by atoms with Crippen LogP contribution in [0.2, 0.25) is 0 Å². The van der Waals surface area contributed by atoms with Crippen LogP contribution in [0.25, 0.3) is 0 Å². The molecule has 0 aromatic heterocycles.